The summed E-state index contributed by atoms with van der Waals surface area (Å²) < 4.78 is 0.937. The molecule has 1 amide bonds. The van der Waals surface area contributed by atoms with Crippen LogP contribution in [0.5, 0.6) is 0 Å². The van der Waals surface area contributed by atoms with Crippen molar-refractivity contribution in [3.05, 3.63) is 53.1 Å². The number of aromatic nitrogens is 1. The lowest BCUT2D eigenvalue weighted by molar-refractivity contribution is 0.102. The van der Waals surface area contributed by atoms with E-state index in [1.54, 1.807) is 30.3 Å². The quantitative estimate of drug-likeness (QED) is 0.510. The molecule has 0 atom stereocenters. The third kappa shape index (κ3) is 2.97. The van der Waals surface area contributed by atoms with Crippen molar-refractivity contribution < 1.29 is 4.79 Å². The van der Waals surface area contributed by atoms with Crippen LogP contribution in [0.4, 0.5) is 10.8 Å². The Kier molecular flexibility index (Phi) is 3.74. The fourth-order valence-corrected chi connectivity index (χ4v) is 2.90. The summed E-state index contributed by atoms with van der Waals surface area (Å²) in [5.74, 6) is 5.13. The van der Waals surface area contributed by atoms with Gasteiger partial charge in [-0.05, 0) is 36.4 Å². The molecule has 21 heavy (non-hydrogen) atoms. The number of nitrogens with one attached hydrogen (secondary N) is 2. The van der Waals surface area contributed by atoms with E-state index in [4.69, 9.17) is 17.4 Å². The van der Waals surface area contributed by atoms with Crippen molar-refractivity contribution in [2.45, 2.75) is 0 Å². The number of nitrogen functional groups attached to an aromatic ring is 1. The van der Waals surface area contributed by atoms with Crippen molar-refractivity contribution in [1.29, 1.82) is 0 Å². The van der Waals surface area contributed by atoms with Crippen LogP contribution in [0.25, 0.3) is 10.2 Å². The highest BCUT2D eigenvalue weighted by Gasteiger charge is 2.08. The minimum atomic E-state index is -0.210. The molecular weight excluding hydrogens is 308 g/mol. The minimum absolute atomic E-state index is 0.210. The molecule has 4 N–H and O–H groups in total. The summed E-state index contributed by atoms with van der Waals surface area (Å²) in [4.78, 5) is 16.4. The van der Waals surface area contributed by atoms with Crippen LogP contribution in [-0.4, -0.2) is 10.9 Å². The second-order valence-corrected chi connectivity index (χ2v) is 5.78. The van der Waals surface area contributed by atoms with Gasteiger partial charge < -0.3 is 5.32 Å². The van der Waals surface area contributed by atoms with E-state index in [2.05, 4.69) is 15.7 Å². The predicted octanol–water partition coefficient (Wildman–Crippen LogP) is 3.49. The monoisotopic (exact) mass is 318 g/mol. The maximum absolute atomic E-state index is 12.1. The lowest BCUT2D eigenvalue weighted by Gasteiger charge is -2.05. The second-order valence-electron chi connectivity index (χ2n) is 4.31. The van der Waals surface area contributed by atoms with Crippen molar-refractivity contribution in [2.24, 2.45) is 5.84 Å². The molecule has 0 spiro atoms. The Morgan fingerprint density at radius 3 is 2.86 bits per heavy atom. The Balaban J connectivity index is 1.85. The molecule has 0 aliphatic rings. The van der Waals surface area contributed by atoms with Crippen molar-refractivity contribution in [2.75, 3.05) is 10.7 Å². The number of carbonyl (C=O) groups excluding carboxylic acids is 1. The van der Waals surface area contributed by atoms with E-state index in [-0.39, 0.29) is 5.91 Å². The Bertz CT molecular complexity index is 818. The van der Waals surface area contributed by atoms with Gasteiger partial charge in [-0.2, -0.15) is 0 Å². The normalized spacial score (nSPS) is 10.6. The van der Waals surface area contributed by atoms with Gasteiger partial charge in [-0.1, -0.05) is 29.0 Å². The number of hydrogen-bond donors (Lipinski definition) is 3. The molecular formula is C14H11ClN4OS. The number of benzene rings is 2. The van der Waals surface area contributed by atoms with Crippen LogP contribution in [0.3, 0.4) is 0 Å². The standard InChI is InChI=1S/C14H11ClN4OS/c15-9-3-1-2-8(6-9)13(20)17-10-4-5-11-12(7-10)21-14(18-11)19-16/h1-7H,16H2,(H,17,20)(H,18,19). The number of amides is 1. The van der Waals surface area contributed by atoms with Crippen molar-refractivity contribution >= 4 is 49.9 Å². The zero-order chi connectivity index (χ0) is 14.8. The number of nitrogens with two attached hydrogens (primary N) is 1. The molecule has 0 radical (unpaired) electrons. The molecule has 0 aliphatic carbocycles. The predicted molar refractivity (Wildman–Crippen MR) is 86.8 cm³/mol. The lowest BCUT2D eigenvalue weighted by Crippen LogP contribution is -2.11. The van der Waals surface area contributed by atoms with E-state index in [1.807, 2.05) is 12.1 Å². The van der Waals surface area contributed by atoms with Crippen LogP contribution >= 0.6 is 22.9 Å². The van der Waals surface area contributed by atoms with E-state index in [1.165, 1.54) is 11.3 Å². The van der Waals surface area contributed by atoms with Gasteiger partial charge in [0.2, 0.25) is 0 Å². The minimum Gasteiger partial charge on any atom is -0.322 e. The Labute approximate surface area is 129 Å². The second kappa shape index (κ2) is 5.69. The SMILES string of the molecule is NNc1nc2ccc(NC(=O)c3cccc(Cl)c3)cc2s1. The fraction of sp³-hybridized carbons (Fsp3) is 0. The van der Waals surface area contributed by atoms with Crippen LogP contribution < -0.4 is 16.6 Å². The van der Waals surface area contributed by atoms with Crippen LogP contribution in [0.2, 0.25) is 5.02 Å². The number of rotatable bonds is 3. The molecule has 5 nitrogen and oxygen atoms in total. The fourth-order valence-electron chi connectivity index (χ4n) is 1.90. The number of nitrogens with zero attached hydrogens (tertiary/aromatic N) is 1. The van der Waals surface area contributed by atoms with Crippen LogP contribution in [0.15, 0.2) is 42.5 Å². The zero-order valence-electron chi connectivity index (χ0n) is 10.8. The molecule has 0 saturated heterocycles. The van der Waals surface area contributed by atoms with E-state index < -0.39 is 0 Å². The highest BCUT2D eigenvalue weighted by Crippen LogP contribution is 2.28. The van der Waals surface area contributed by atoms with E-state index in [0.29, 0.717) is 21.4 Å². The third-order valence-electron chi connectivity index (χ3n) is 2.86. The maximum Gasteiger partial charge on any atom is 0.255 e. The third-order valence-corrected chi connectivity index (χ3v) is 4.04. The number of hydrazine groups is 1. The summed E-state index contributed by atoms with van der Waals surface area (Å²) in [6, 6.07) is 12.3. The first kappa shape index (κ1) is 13.8. The number of anilines is 2. The highest BCUT2D eigenvalue weighted by molar-refractivity contribution is 7.22. The van der Waals surface area contributed by atoms with Gasteiger partial charge in [-0.25, -0.2) is 10.8 Å². The molecule has 3 aromatic rings. The van der Waals surface area contributed by atoms with Gasteiger partial charge in [0.05, 0.1) is 10.2 Å². The number of fused-ring (bicyclic) bond motifs is 1. The Morgan fingerprint density at radius 2 is 2.10 bits per heavy atom. The number of hydrogen-bond acceptors (Lipinski definition) is 5. The smallest absolute Gasteiger partial charge is 0.255 e. The lowest BCUT2D eigenvalue weighted by atomic mass is 10.2. The molecule has 106 valence electrons. The van der Waals surface area contributed by atoms with Crippen LogP contribution in [-0.2, 0) is 0 Å². The summed E-state index contributed by atoms with van der Waals surface area (Å²) in [5, 5.41) is 3.99. The first-order valence-electron chi connectivity index (χ1n) is 6.10. The average molecular weight is 319 g/mol. The van der Waals surface area contributed by atoms with Gasteiger partial charge in [0.15, 0.2) is 5.13 Å². The largest absolute Gasteiger partial charge is 0.322 e. The van der Waals surface area contributed by atoms with Gasteiger partial charge in [-0.15, -0.1) is 0 Å². The topological polar surface area (TPSA) is 80.0 Å². The summed E-state index contributed by atoms with van der Waals surface area (Å²) in [7, 11) is 0. The molecule has 0 aliphatic heterocycles. The molecule has 1 aromatic heterocycles. The van der Waals surface area contributed by atoms with Gasteiger partial charge in [0.25, 0.3) is 5.91 Å². The summed E-state index contributed by atoms with van der Waals surface area (Å²) in [6.45, 7) is 0. The Morgan fingerprint density at radius 1 is 1.24 bits per heavy atom. The first-order chi connectivity index (χ1) is 10.2. The molecule has 3 rings (SSSR count). The number of halogens is 1. The zero-order valence-corrected chi connectivity index (χ0v) is 12.3. The summed E-state index contributed by atoms with van der Waals surface area (Å²) in [5.41, 5.74) is 4.55. The van der Waals surface area contributed by atoms with Crippen LogP contribution in [0, 0.1) is 0 Å². The van der Waals surface area contributed by atoms with Crippen LogP contribution in [0.1, 0.15) is 10.4 Å². The van der Waals surface area contributed by atoms with Gasteiger partial charge in [0, 0.05) is 16.3 Å². The summed E-state index contributed by atoms with van der Waals surface area (Å²) in [6.07, 6.45) is 0. The number of thiazole rings is 1. The van der Waals surface area contributed by atoms with Gasteiger partial charge in [0.1, 0.15) is 0 Å². The highest BCUT2D eigenvalue weighted by atomic mass is 35.5. The van der Waals surface area contributed by atoms with Crippen molar-refractivity contribution in [3.8, 4) is 0 Å². The van der Waals surface area contributed by atoms with Gasteiger partial charge >= 0.3 is 0 Å². The van der Waals surface area contributed by atoms with E-state index >= 15 is 0 Å². The molecule has 0 fully saturated rings. The first-order valence-corrected chi connectivity index (χ1v) is 7.29. The molecule has 2 aromatic carbocycles. The molecule has 0 unspecified atom stereocenters. The molecule has 1 heterocycles. The van der Waals surface area contributed by atoms with E-state index in [9.17, 15) is 4.79 Å². The van der Waals surface area contributed by atoms with E-state index in [0.717, 1.165) is 10.2 Å². The molecule has 7 heteroatoms. The molecule has 0 bridgehead atoms. The van der Waals surface area contributed by atoms with Crippen molar-refractivity contribution in [3.63, 3.8) is 0 Å². The Hall–Kier alpha value is -2.15. The van der Waals surface area contributed by atoms with Gasteiger partial charge in [-0.3, -0.25) is 10.2 Å². The number of carbonyl (C=O) groups is 1. The average Bonchev–Trinajstić information content (AvgIpc) is 2.89. The molecule has 0 saturated carbocycles. The summed E-state index contributed by atoms with van der Waals surface area (Å²) >= 11 is 7.30. The maximum atomic E-state index is 12.1. The van der Waals surface area contributed by atoms with Crippen molar-refractivity contribution in [1.82, 2.24) is 4.98 Å².